The molecule has 0 aliphatic heterocycles. The molecule has 0 aliphatic rings. The van der Waals surface area contributed by atoms with Gasteiger partial charge in [0.15, 0.2) is 5.16 Å². The van der Waals surface area contributed by atoms with E-state index in [1.165, 1.54) is 11.8 Å². The number of hydrogen-bond donors (Lipinski definition) is 1. The zero-order chi connectivity index (χ0) is 21.5. The zero-order valence-corrected chi connectivity index (χ0v) is 18.0. The number of hydrogen-bond acceptors (Lipinski definition) is 7. The van der Waals surface area contributed by atoms with Gasteiger partial charge in [0.05, 0.1) is 17.8 Å². The number of nitriles is 1. The molecule has 3 rings (SSSR count). The number of carbonyl (C=O) groups is 1. The van der Waals surface area contributed by atoms with Crippen LogP contribution in [-0.2, 0) is 4.74 Å². The molecule has 30 heavy (non-hydrogen) atoms. The smallest absolute Gasteiger partial charge is 0.338 e. The highest BCUT2D eigenvalue weighted by Gasteiger charge is 2.16. The van der Waals surface area contributed by atoms with Gasteiger partial charge in [-0.2, -0.15) is 5.26 Å². The number of rotatable bonds is 7. The molecule has 0 fully saturated rings. The van der Waals surface area contributed by atoms with Gasteiger partial charge in [-0.05, 0) is 37.4 Å². The summed E-state index contributed by atoms with van der Waals surface area (Å²) in [5.41, 5.74) is 3.17. The first-order valence-corrected chi connectivity index (χ1v) is 10.7. The Bertz CT molecular complexity index is 1080. The number of esters is 1. The summed E-state index contributed by atoms with van der Waals surface area (Å²) in [7, 11) is 0. The van der Waals surface area contributed by atoms with E-state index in [9.17, 15) is 10.1 Å². The van der Waals surface area contributed by atoms with E-state index < -0.39 is 5.97 Å². The molecule has 1 aromatic heterocycles. The van der Waals surface area contributed by atoms with Crippen molar-refractivity contribution < 1.29 is 9.53 Å². The molecule has 0 unspecified atom stereocenters. The van der Waals surface area contributed by atoms with Crippen molar-refractivity contribution in [2.24, 2.45) is 0 Å². The molecule has 3 aromatic rings. The molecule has 2 aromatic carbocycles. The van der Waals surface area contributed by atoms with Crippen LogP contribution < -0.4 is 5.32 Å². The highest BCUT2D eigenvalue weighted by Crippen LogP contribution is 2.29. The summed E-state index contributed by atoms with van der Waals surface area (Å²) in [5, 5.41) is 13.9. The molecule has 0 aliphatic carbocycles. The van der Waals surface area contributed by atoms with Gasteiger partial charge in [-0.15, -0.1) is 0 Å². The second-order valence-electron chi connectivity index (χ2n) is 6.33. The van der Waals surface area contributed by atoms with Crippen molar-refractivity contribution in [2.45, 2.75) is 12.1 Å². The number of halogens is 1. The van der Waals surface area contributed by atoms with Crippen LogP contribution in [0.25, 0.3) is 11.3 Å². The van der Waals surface area contributed by atoms with Crippen LogP contribution in [0.4, 0.5) is 5.82 Å². The van der Waals surface area contributed by atoms with Crippen LogP contribution in [0, 0.1) is 18.3 Å². The van der Waals surface area contributed by atoms with E-state index in [0.29, 0.717) is 39.4 Å². The van der Waals surface area contributed by atoms with E-state index in [0.717, 1.165) is 11.1 Å². The standard InChI is InChI=1S/C22H19ClN4O2S/c1-14-3-5-16(6-4-14)21(28)29-12-11-25-20-18(13-24)19(26-22(27-20)30-2)15-7-9-17(23)10-8-15/h3-10H,11-12H2,1-2H3,(H,25,26,27). The first-order chi connectivity index (χ1) is 14.5. The largest absolute Gasteiger partial charge is 0.460 e. The van der Waals surface area contributed by atoms with E-state index >= 15 is 0 Å². The Morgan fingerprint density at radius 1 is 1.17 bits per heavy atom. The summed E-state index contributed by atoms with van der Waals surface area (Å²) in [6.45, 7) is 2.39. The van der Waals surface area contributed by atoms with Crippen LogP contribution in [0.3, 0.4) is 0 Å². The number of aromatic nitrogens is 2. The average molecular weight is 439 g/mol. The van der Waals surface area contributed by atoms with E-state index in [1.807, 2.05) is 37.4 Å². The quantitative estimate of drug-likeness (QED) is 0.241. The Kier molecular flexibility index (Phi) is 7.28. The highest BCUT2D eigenvalue weighted by molar-refractivity contribution is 7.98. The van der Waals surface area contributed by atoms with Gasteiger partial charge in [-0.25, -0.2) is 14.8 Å². The molecule has 6 nitrogen and oxygen atoms in total. The molecule has 0 spiro atoms. The zero-order valence-electron chi connectivity index (χ0n) is 16.5. The number of nitrogens with one attached hydrogen (secondary N) is 1. The van der Waals surface area contributed by atoms with Crippen molar-refractivity contribution in [1.82, 2.24) is 9.97 Å². The Morgan fingerprint density at radius 3 is 2.50 bits per heavy atom. The van der Waals surface area contributed by atoms with Crippen LogP contribution >= 0.6 is 23.4 Å². The van der Waals surface area contributed by atoms with Crippen LogP contribution in [0.5, 0.6) is 0 Å². The topological polar surface area (TPSA) is 87.9 Å². The SMILES string of the molecule is CSc1nc(NCCOC(=O)c2ccc(C)cc2)c(C#N)c(-c2ccc(Cl)cc2)n1. The minimum Gasteiger partial charge on any atom is -0.460 e. The molecule has 0 radical (unpaired) electrons. The first kappa shape index (κ1) is 21.6. The predicted molar refractivity (Wildman–Crippen MR) is 119 cm³/mol. The van der Waals surface area contributed by atoms with Crippen molar-refractivity contribution in [3.8, 4) is 17.3 Å². The molecule has 0 saturated carbocycles. The number of anilines is 1. The second-order valence-corrected chi connectivity index (χ2v) is 7.54. The molecule has 1 N–H and O–H groups in total. The highest BCUT2D eigenvalue weighted by atomic mass is 35.5. The monoisotopic (exact) mass is 438 g/mol. The fraction of sp³-hybridized carbons (Fsp3) is 0.182. The lowest BCUT2D eigenvalue weighted by Crippen LogP contribution is -2.16. The van der Waals surface area contributed by atoms with E-state index in [1.54, 1.807) is 24.3 Å². The van der Waals surface area contributed by atoms with Crippen LogP contribution in [0.1, 0.15) is 21.5 Å². The van der Waals surface area contributed by atoms with Gasteiger partial charge in [0.2, 0.25) is 0 Å². The number of nitrogens with zero attached hydrogens (tertiary/aromatic N) is 3. The lowest BCUT2D eigenvalue weighted by atomic mass is 10.1. The van der Waals surface area contributed by atoms with Gasteiger partial charge in [0.25, 0.3) is 0 Å². The van der Waals surface area contributed by atoms with Crippen LogP contribution in [0.2, 0.25) is 5.02 Å². The molecule has 0 bridgehead atoms. The van der Waals surface area contributed by atoms with Gasteiger partial charge in [0, 0.05) is 10.6 Å². The second kappa shape index (κ2) is 10.1. The normalized spacial score (nSPS) is 10.3. The van der Waals surface area contributed by atoms with Crippen molar-refractivity contribution in [3.63, 3.8) is 0 Å². The molecular weight excluding hydrogens is 420 g/mol. The summed E-state index contributed by atoms with van der Waals surface area (Å²) >= 11 is 7.34. The Morgan fingerprint density at radius 2 is 1.87 bits per heavy atom. The third-order valence-corrected chi connectivity index (χ3v) is 5.02. The summed E-state index contributed by atoms with van der Waals surface area (Å²) in [4.78, 5) is 21.0. The molecule has 8 heteroatoms. The number of ether oxygens (including phenoxy) is 1. The van der Waals surface area contributed by atoms with Gasteiger partial charge in [0.1, 0.15) is 24.1 Å². The molecule has 152 valence electrons. The lowest BCUT2D eigenvalue weighted by molar-refractivity contribution is 0.0520. The molecule has 1 heterocycles. The number of benzene rings is 2. The van der Waals surface area contributed by atoms with Crippen molar-refractivity contribution >= 4 is 35.1 Å². The summed E-state index contributed by atoms with van der Waals surface area (Å²) in [5.74, 6) is -0.000153. The van der Waals surface area contributed by atoms with E-state index in [-0.39, 0.29) is 6.61 Å². The van der Waals surface area contributed by atoms with E-state index in [4.69, 9.17) is 16.3 Å². The fourth-order valence-electron chi connectivity index (χ4n) is 2.67. The van der Waals surface area contributed by atoms with Gasteiger partial charge < -0.3 is 10.1 Å². The number of carbonyl (C=O) groups excluding carboxylic acids is 1. The van der Waals surface area contributed by atoms with E-state index in [2.05, 4.69) is 21.4 Å². The third-order valence-electron chi connectivity index (χ3n) is 4.22. The summed E-state index contributed by atoms with van der Waals surface area (Å²) < 4.78 is 5.30. The Balaban J connectivity index is 1.73. The van der Waals surface area contributed by atoms with Crippen molar-refractivity contribution in [2.75, 3.05) is 24.7 Å². The van der Waals surface area contributed by atoms with Gasteiger partial charge in [-0.1, -0.05) is 53.2 Å². The minimum absolute atomic E-state index is 0.131. The van der Waals surface area contributed by atoms with Gasteiger partial charge >= 0.3 is 5.97 Å². The minimum atomic E-state index is -0.397. The lowest BCUT2D eigenvalue weighted by Gasteiger charge is -2.12. The van der Waals surface area contributed by atoms with Crippen molar-refractivity contribution in [3.05, 3.63) is 70.2 Å². The molecular formula is C22H19ClN4O2S. The molecule has 0 amide bonds. The summed E-state index contributed by atoms with van der Waals surface area (Å²) in [6, 6.07) is 16.5. The number of aryl methyl sites for hydroxylation is 1. The van der Waals surface area contributed by atoms with Crippen LogP contribution in [-0.4, -0.2) is 35.3 Å². The summed E-state index contributed by atoms with van der Waals surface area (Å²) in [6.07, 6.45) is 1.86. The maximum absolute atomic E-state index is 12.1. The Hall–Kier alpha value is -3.08. The molecule has 0 saturated heterocycles. The maximum atomic E-state index is 12.1. The van der Waals surface area contributed by atoms with Crippen molar-refractivity contribution in [1.29, 1.82) is 5.26 Å². The Labute approximate surface area is 184 Å². The molecule has 0 atom stereocenters. The fourth-order valence-corrected chi connectivity index (χ4v) is 3.16. The first-order valence-electron chi connectivity index (χ1n) is 9.11. The average Bonchev–Trinajstić information content (AvgIpc) is 2.77. The van der Waals surface area contributed by atoms with Gasteiger partial charge in [-0.3, -0.25) is 0 Å². The third kappa shape index (κ3) is 5.29. The maximum Gasteiger partial charge on any atom is 0.338 e. The predicted octanol–water partition coefficient (Wildman–Crippen LogP) is 4.97. The van der Waals surface area contributed by atoms with Crippen LogP contribution in [0.15, 0.2) is 53.7 Å². The number of thioether (sulfide) groups is 1.